The molecule has 1 aliphatic heterocycles. The van der Waals surface area contributed by atoms with Gasteiger partial charge in [-0.05, 0) is 112 Å². The van der Waals surface area contributed by atoms with E-state index in [2.05, 4.69) is 59.7 Å². The van der Waals surface area contributed by atoms with Gasteiger partial charge in [0.25, 0.3) is 0 Å². The van der Waals surface area contributed by atoms with E-state index < -0.39 is 24.3 Å². The van der Waals surface area contributed by atoms with Crippen molar-refractivity contribution in [3.8, 4) is 17.2 Å². The van der Waals surface area contributed by atoms with Crippen LogP contribution >= 0.6 is 38.5 Å². The number of nitrogens with zero attached hydrogens (tertiary/aromatic N) is 1. The van der Waals surface area contributed by atoms with E-state index in [-0.39, 0.29) is 18.1 Å². The number of amides is 2. The van der Waals surface area contributed by atoms with Crippen LogP contribution in [0.3, 0.4) is 0 Å². The Hall–Kier alpha value is -4.35. The van der Waals surface area contributed by atoms with E-state index >= 15 is 0 Å². The Balaban J connectivity index is 1.34. The smallest absolute Gasteiger partial charge is 0.338 e. The standard InChI is InChI=1S/C34H36BrIN4O9/c1-5-46-27-15-23(30-29(33(43)45-4)19(3)38-34(44)39-30)11-12-26(27)48-18-28(41)40-37-16-21-13-24(35)31(25(36)14-21)49-17-20-7-9-22(10-8-20)32(42)47-6-2/h7-16,28,30,40-41H,5-6,17-18H2,1-4H3,(H2,38,39,44)/b37-16+/t28-,30-/m0/s1. The summed E-state index contributed by atoms with van der Waals surface area (Å²) in [4.78, 5) is 36.5. The van der Waals surface area contributed by atoms with Crippen LogP contribution in [-0.4, -0.2) is 62.4 Å². The fraction of sp³-hybridized carbons (Fsp3) is 0.294. The number of aliphatic hydroxyl groups excluding tert-OH is 1. The molecule has 1 heterocycles. The van der Waals surface area contributed by atoms with Crippen LogP contribution < -0.4 is 30.3 Å². The summed E-state index contributed by atoms with van der Waals surface area (Å²) < 4.78 is 29.1. The third-order valence-electron chi connectivity index (χ3n) is 6.98. The van der Waals surface area contributed by atoms with Gasteiger partial charge in [0.15, 0.2) is 17.7 Å². The summed E-state index contributed by atoms with van der Waals surface area (Å²) in [5.41, 5.74) is 5.98. The van der Waals surface area contributed by atoms with Crippen LogP contribution in [0.4, 0.5) is 4.79 Å². The van der Waals surface area contributed by atoms with Gasteiger partial charge in [-0.15, -0.1) is 0 Å². The Morgan fingerprint density at radius 3 is 2.47 bits per heavy atom. The van der Waals surface area contributed by atoms with E-state index in [1.807, 2.05) is 31.2 Å². The lowest BCUT2D eigenvalue weighted by atomic mass is 9.95. The average molecular weight is 851 g/mol. The van der Waals surface area contributed by atoms with E-state index in [1.54, 1.807) is 50.4 Å². The number of carbonyl (C=O) groups is 3. The van der Waals surface area contributed by atoms with Crippen LogP contribution in [0, 0.1) is 3.57 Å². The highest BCUT2D eigenvalue weighted by Gasteiger charge is 2.32. The van der Waals surface area contributed by atoms with Crippen molar-refractivity contribution in [3.63, 3.8) is 0 Å². The summed E-state index contributed by atoms with van der Waals surface area (Å²) in [6, 6.07) is 14.5. The normalized spacial score (nSPS) is 14.8. The molecule has 0 bridgehead atoms. The topological polar surface area (TPSA) is 166 Å². The van der Waals surface area contributed by atoms with E-state index in [9.17, 15) is 19.5 Å². The number of benzene rings is 3. The predicted molar refractivity (Wildman–Crippen MR) is 193 cm³/mol. The SMILES string of the molecule is CCOC(=O)c1ccc(COc2c(Br)cc(/C=N/N[C@@H](O)COc3ccc([C@@H]4NC(=O)NC(C)=C4C(=O)OC)cc3OCC)cc2I)cc1. The fourth-order valence-corrected chi connectivity index (χ4v) is 6.49. The summed E-state index contributed by atoms with van der Waals surface area (Å²) in [6.07, 6.45) is 0.391. The number of carbonyl (C=O) groups excluding carboxylic acids is 3. The van der Waals surface area contributed by atoms with Gasteiger partial charge in [0, 0.05) is 5.70 Å². The quantitative estimate of drug-likeness (QED) is 0.0517. The first-order valence-electron chi connectivity index (χ1n) is 15.1. The van der Waals surface area contributed by atoms with Gasteiger partial charge in [-0.2, -0.15) is 5.10 Å². The summed E-state index contributed by atoms with van der Waals surface area (Å²) in [5.74, 6) is 0.419. The maximum Gasteiger partial charge on any atom is 0.338 e. The van der Waals surface area contributed by atoms with Gasteiger partial charge in [-0.25, -0.2) is 14.4 Å². The number of methoxy groups -OCH3 is 1. The summed E-state index contributed by atoms with van der Waals surface area (Å²) in [5, 5.41) is 20.0. The number of aliphatic hydroxyl groups is 1. The minimum Gasteiger partial charge on any atom is -0.490 e. The number of hydrazone groups is 1. The monoisotopic (exact) mass is 850 g/mol. The highest BCUT2D eigenvalue weighted by molar-refractivity contribution is 14.1. The van der Waals surface area contributed by atoms with Crippen molar-refractivity contribution in [2.75, 3.05) is 26.9 Å². The highest BCUT2D eigenvalue weighted by Crippen LogP contribution is 2.35. The molecule has 15 heteroatoms. The largest absolute Gasteiger partial charge is 0.490 e. The summed E-state index contributed by atoms with van der Waals surface area (Å²) >= 11 is 5.73. The van der Waals surface area contributed by atoms with Crippen LogP contribution in [0.15, 0.2) is 75.4 Å². The molecule has 2 amide bonds. The van der Waals surface area contributed by atoms with Gasteiger partial charge in [0.1, 0.15) is 19.0 Å². The van der Waals surface area contributed by atoms with Gasteiger partial charge < -0.3 is 39.4 Å². The van der Waals surface area contributed by atoms with Crippen molar-refractivity contribution >= 4 is 62.7 Å². The zero-order chi connectivity index (χ0) is 35.5. The molecule has 260 valence electrons. The minimum atomic E-state index is -1.16. The number of hydrogen-bond acceptors (Lipinski definition) is 11. The Bertz CT molecular complexity index is 1710. The fourth-order valence-electron chi connectivity index (χ4n) is 4.72. The molecule has 0 radical (unpaired) electrons. The number of nitrogens with one attached hydrogen (secondary N) is 3. The molecule has 1 aliphatic rings. The summed E-state index contributed by atoms with van der Waals surface area (Å²) in [6.45, 7) is 5.97. The number of hydrogen-bond donors (Lipinski definition) is 4. The molecule has 0 saturated heterocycles. The van der Waals surface area contributed by atoms with Gasteiger partial charge >= 0.3 is 18.0 Å². The molecular formula is C34H36BrIN4O9. The van der Waals surface area contributed by atoms with Crippen molar-refractivity contribution in [1.82, 2.24) is 16.1 Å². The number of urea groups is 1. The number of allylic oxidation sites excluding steroid dienone is 1. The first kappa shape index (κ1) is 37.5. The zero-order valence-electron chi connectivity index (χ0n) is 27.2. The van der Waals surface area contributed by atoms with Crippen LogP contribution in [0.5, 0.6) is 17.2 Å². The molecule has 0 saturated carbocycles. The lowest BCUT2D eigenvalue weighted by molar-refractivity contribution is -0.136. The second-order valence-corrected chi connectivity index (χ2v) is 12.5. The van der Waals surface area contributed by atoms with Crippen molar-refractivity contribution < 1.29 is 43.2 Å². The van der Waals surface area contributed by atoms with E-state index in [1.165, 1.54) is 7.11 Å². The third-order valence-corrected chi connectivity index (χ3v) is 8.37. The van der Waals surface area contributed by atoms with Crippen molar-refractivity contribution in [2.24, 2.45) is 5.10 Å². The molecule has 49 heavy (non-hydrogen) atoms. The molecule has 2 atom stereocenters. The van der Waals surface area contributed by atoms with Crippen molar-refractivity contribution in [1.29, 1.82) is 0 Å². The van der Waals surface area contributed by atoms with Gasteiger partial charge in [-0.1, -0.05) is 18.2 Å². The zero-order valence-corrected chi connectivity index (χ0v) is 30.9. The summed E-state index contributed by atoms with van der Waals surface area (Å²) in [7, 11) is 1.27. The molecule has 3 aromatic rings. The molecule has 4 N–H and O–H groups in total. The molecule has 0 spiro atoms. The Morgan fingerprint density at radius 1 is 1.04 bits per heavy atom. The maximum atomic E-state index is 12.5. The molecule has 0 fully saturated rings. The van der Waals surface area contributed by atoms with E-state index in [0.29, 0.717) is 58.4 Å². The molecule has 0 unspecified atom stereocenters. The Labute approximate surface area is 305 Å². The Kier molecular flexibility index (Phi) is 13.7. The Morgan fingerprint density at radius 2 is 1.80 bits per heavy atom. The molecule has 0 aliphatic carbocycles. The van der Waals surface area contributed by atoms with Crippen LogP contribution in [0.1, 0.15) is 53.9 Å². The van der Waals surface area contributed by atoms with Gasteiger partial charge in [0.05, 0.1) is 51.8 Å². The molecule has 0 aromatic heterocycles. The van der Waals surface area contributed by atoms with Crippen LogP contribution in [0.2, 0.25) is 0 Å². The second-order valence-electron chi connectivity index (χ2n) is 10.4. The van der Waals surface area contributed by atoms with E-state index in [0.717, 1.165) is 14.7 Å². The third kappa shape index (κ3) is 10.1. The van der Waals surface area contributed by atoms with E-state index in [4.69, 9.17) is 23.7 Å². The number of esters is 2. The lowest BCUT2D eigenvalue weighted by Gasteiger charge is -2.28. The first-order chi connectivity index (χ1) is 23.5. The van der Waals surface area contributed by atoms with Gasteiger partial charge in [-0.3, -0.25) is 5.43 Å². The second kappa shape index (κ2) is 17.9. The number of rotatable bonds is 15. The molecule has 13 nitrogen and oxygen atoms in total. The molecule has 4 rings (SSSR count). The number of ether oxygens (including phenoxy) is 5. The van der Waals surface area contributed by atoms with Gasteiger partial charge in [0.2, 0.25) is 0 Å². The number of halogens is 2. The van der Waals surface area contributed by atoms with Crippen LogP contribution in [-0.2, 0) is 20.9 Å². The molecular weight excluding hydrogens is 815 g/mol. The van der Waals surface area contributed by atoms with Crippen molar-refractivity contribution in [3.05, 3.63) is 96.2 Å². The minimum absolute atomic E-state index is 0.165. The highest BCUT2D eigenvalue weighted by atomic mass is 127. The van der Waals surface area contributed by atoms with Crippen molar-refractivity contribution in [2.45, 2.75) is 39.6 Å². The molecule has 3 aromatic carbocycles. The average Bonchev–Trinajstić information content (AvgIpc) is 3.07. The van der Waals surface area contributed by atoms with Crippen LogP contribution in [0.25, 0.3) is 0 Å². The lowest BCUT2D eigenvalue weighted by Crippen LogP contribution is -2.45. The predicted octanol–water partition coefficient (Wildman–Crippen LogP) is 5.33. The maximum absolute atomic E-state index is 12.5. The first-order valence-corrected chi connectivity index (χ1v) is 17.0.